The minimum atomic E-state index is -4.26. The lowest BCUT2D eigenvalue weighted by Gasteiger charge is -2.21. The summed E-state index contributed by atoms with van der Waals surface area (Å²) in [6.45, 7) is 2.04. The van der Waals surface area contributed by atoms with Crippen LogP contribution in [0, 0.1) is 23.3 Å². The Hall–Kier alpha value is -2.53. The van der Waals surface area contributed by atoms with Crippen LogP contribution in [0.5, 0.6) is 5.75 Å². The highest BCUT2D eigenvalue weighted by Gasteiger charge is 2.40. The maximum absolute atomic E-state index is 14.6. The van der Waals surface area contributed by atoms with Crippen molar-refractivity contribution in [2.45, 2.75) is 25.9 Å². The minimum absolute atomic E-state index is 0.198. The van der Waals surface area contributed by atoms with Crippen molar-refractivity contribution >= 4 is 14.5 Å². The van der Waals surface area contributed by atoms with Crippen LogP contribution in [0.3, 0.4) is 0 Å². The van der Waals surface area contributed by atoms with Gasteiger partial charge in [-0.05, 0) is 40.5 Å². The molecule has 1 unspecified atom stereocenters. The van der Waals surface area contributed by atoms with Crippen LogP contribution in [-0.2, 0) is 12.5 Å². The Morgan fingerprint density at radius 3 is 1.97 bits per heavy atom. The Morgan fingerprint density at radius 2 is 1.43 bits per heavy atom. The standard InChI is InChI=1S/C22H17F6OP/c1-2-3-12-4-6-13(7-5-12)14-8-16(23)20(19(30)9-14)22(27,28)29-15-10-17(24)21(26)18(25)11-15/h4-11H,2-3,30H2,1H3. The van der Waals surface area contributed by atoms with Crippen molar-refractivity contribution in [3.05, 3.63) is 82.9 Å². The molecule has 0 N–H and O–H groups in total. The van der Waals surface area contributed by atoms with Gasteiger partial charge in [0.2, 0.25) is 0 Å². The van der Waals surface area contributed by atoms with Gasteiger partial charge in [-0.2, -0.15) is 8.78 Å². The highest BCUT2D eigenvalue weighted by Crippen LogP contribution is 2.35. The lowest BCUT2D eigenvalue weighted by molar-refractivity contribution is -0.186. The summed E-state index contributed by atoms with van der Waals surface area (Å²) in [5.74, 6) is -7.46. The van der Waals surface area contributed by atoms with E-state index in [2.05, 4.69) is 4.74 Å². The summed E-state index contributed by atoms with van der Waals surface area (Å²) < 4.78 is 87.7. The maximum atomic E-state index is 14.6. The monoisotopic (exact) mass is 442 g/mol. The summed E-state index contributed by atoms with van der Waals surface area (Å²) in [4.78, 5) is 0. The highest BCUT2D eigenvalue weighted by molar-refractivity contribution is 7.27. The predicted octanol–water partition coefficient (Wildman–Crippen LogP) is 6.49. The van der Waals surface area contributed by atoms with Crippen molar-refractivity contribution in [1.82, 2.24) is 0 Å². The number of alkyl halides is 2. The van der Waals surface area contributed by atoms with Gasteiger partial charge in [-0.3, -0.25) is 0 Å². The molecule has 0 fully saturated rings. The van der Waals surface area contributed by atoms with Gasteiger partial charge in [-0.1, -0.05) is 37.6 Å². The van der Waals surface area contributed by atoms with Crippen LogP contribution in [0.15, 0.2) is 48.5 Å². The minimum Gasteiger partial charge on any atom is -0.429 e. The van der Waals surface area contributed by atoms with Gasteiger partial charge in [0.15, 0.2) is 17.5 Å². The summed E-state index contributed by atoms with van der Waals surface area (Å²) >= 11 is 0. The molecule has 0 aliphatic heterocycles. The Labute approximate surface area is 171 Å². The number of ether oxygens (including phenoxy) is 1. The van der Waals surface area contributed by atoms with Gasteiger partial charge in [-0.15, -0.1) is 9.24 Å². The predicted molar refractivity (Wildman–Crippen MR) is 106 cm³/mol. The first kappa shape index (κ1) is 22.2. The first-order chi connectivity index (χ1) is 14.1. The van der Waals surface area contributed by atoms with E-state index in [0.717, 1.165) is 24.5 Å². The molecule has 0 saturated heterocycles. The molecule has 0 amide bonds. The Kier molecular flexibility index (Phi) is 6.41. The van der Waals surface area contributed by atoms with Crippen molar-refractivity contribution in [3.63, 3.8) is 0 Å². The zero-order valence-electron chi connectivity index (χ0n) is 15.8. The van der Waals surface area contributed by atoms with Crippen LogP contribution in [0.2, 0.25) is 0 Å². The zero-order valence-corrected chi connectivity index (χ0v) is 16.9. The molecule has 0 aliphatic carbocycles. The number of hydrogen-bond donors (Lipinski definition) is 0. The number of aryl methyl sites for hydroxylation is 1. The van der Waals surface area contributed by atoms with Gasteiger partial charge in [-0.25, -0.2) is 17.6 Å². The van der Waals surface area contributed by atoms with E-state index in [1.807, 2.05) is 28.3 Å². The normalized spacial score (nSPS) is 11.6. The molecule has 3 aromatic carbocycles. The zero-order chi connectivity index (χ0) is 22.1. The second-order valence-electron chi connectivity index (χ2n) is 6.69. The Morgan fingerprint density at radius 1 is 0.833 bits per heavy atom. The SMILES string of the molecule is CCCc1ccc(-c2cc(F)c(C(F)(F)Oc3cc(F)c(F)c(F)c3)c(P)c2)cc1. The van der Waals surface area contributed by atoms with Crippen LogP contribution in [0.4, 0.5) is 26.3 Å². The van der Waals surface area contributed by atoms with Crippen molar-refractivity contribution in [3.8, 4) is 16.9 Å². The summed E-state index contributed by atoms with van der Waals surface area (Å²) in [5, 5.41) is -0.198. The third-order valence-electron chi connectivity index (χ3n) is 4.44. The van der Waals surface area contributed by atoms with Crippen molar-refractivity contribution < 1.29 is 31.1 Å². The molecule has 0 saturated carbocycles. The van der Waals surface area contributed by atoms with E-state index in [-0.39, 0.29) is 17.4 Å². The molecule has 3 aromatic rings. The smallest absolute Gasteiger partial charge is 0.429 e. The average molecular weight is 442 g/mol. The molecule has 0 radical (unpaired) electrons. The fraction of sp³-hybridized carbons (Fsp3) is 0.182. The topological polar surface area (TPSA) is 9.23 Å². The number of rotatable bonds is 6. The summed E-state index contributed by atoms with van der Waals surface area (Å²) in [5.41, 5.74) is 1.00. The molecule has 1 nitrogen and oxygen atoms in total. The molecule has 0 aromatic heterocycles. The Bertz CT molecular complexity index is 1020. The van der Waals surface area contributed by atoms with Crippen LogP contribution >= 0.6 is 9.24 Å². The van der Waals surface area contributed by atoms with Gasteiger partial charge >= 0.3 is 6.11 Å². The third kappa shape index (κ3) is 4.62. The van der Waals surface area contributed by atoms with Gasteiger partial charge in [0.05, 0.1) is 0 Å². The second kappa shape index (κ2) is 8.68. The average Bonchev–Trinajstić information content (AvgIpc) is 2.65. The molecule has 1 atom stereocenters. The summed E-state index contributed by atoms with van der Waals surface area (Å²) in [7, 11) is 2.00. The number of benzene rings is 3. The molecule has 8 heteroatoms. The van der Waals surface area contributed by atoms with Gasteiger partial charge in [0.25, 0.3) is 0 Å². The molecular formula is C22H17F6OP. The summed E-state index contributed by atoms with van der Waals surface area (Å²) in [6.07, 6.45) is -2.41. The van der Waals surface area contributed by atoms with Crippen molar-refractivity contribution in [2.24, 2.45) is 0 Å². The third-order valence-corrected chi connectivity index (χ3v) is 4.90. The highest BCUT2D eigenvalue weighted by atomic mass is 31.0. The lowest BCUT2D eigenvalue weighted by atomic mass is 10.0. The number of halogens is 6. The van der Waals surface area contributed by atoms with Crippen LogP contribution in [0.25, 0.3) is 11.1 Å². The molecule has 3 rings (SSSR count). The van der Waals surface area contributed by atoms with E-state index in [1.54, 1.807) is 12.1 Å². The molecule has 0 bridgehead atoms. The number of hydrogen-bond acceptors (Lipinski definition) is 1. The van der Waals surface area contributed by atoms with Crippen LogP contribution in [-0.4, -0.2) is 0 Å². The van der Waals surface area contributed by atoms with Gasteiger partial charge in [0.1, 0.15) is 17.1 Å². The fourth-order valence-electron chi connectivity index (χ4n) is 3.04. The van der Waals surface area contributed by atoms with E-state index in [1.165, 1.54) is 6.07 Å². The largest absolute Gasteiger partial charge is 0.430 e. The molecule has 0 heterocycles. The summed E-state index contributed by atoms with van der Waals surface area (Å²) in [6, 6.07) is 10.1. The fourth-order valence-corrected chi connectivity index (χ4v) is 3.53. The van der Waals surface area contributed by atoms with Crippen LogP contribution < -0.4 is 10.0 Å². The molecule has 30 heavy (non-hydrogen) atoms. The second-order valence-corrected chi connectivity index (χ2v) is 7.31. The first-order valence-electron chi connectivity index (χ1n) is 9.02. The molecule has 0 spiro atoms. The van der Waals surface area contributed by atoms with E-state index < -0.39 is 40.7 Å². The van der Waals surface area contributed by atoms with Crippen molar-refractivity contribution in [1.29, 1.82) is 0 Å². The van der Waals surface area contributed by atoms with E-state index in [4.69, 9.17) is 0 Å². The molecule has 0 aliphatic rings. The van der Waals surface area contributed by atoms with Gasteiger partial charge in [0, 0.05) is 12.1 Å². The van der Waals surface area contributed by atoms with Gasteiger partial charge < -0.3 is 4.74 Å². The van der Waals surface area contributed by atoms with Crippen molar-refractivity contribution in [2.75, 3.05) is 0 Å². The molecular weight excluding hydrogens is 425 g/mol. The lowest BCUT2D eigenvalue weighted by Crippen LogP contribution is -2.29. The Balaban J connectivity index is 1.94. The van der Waals surface area contributed by atoms with E-state index in [0.29, 0.717) is 11.1 Å². The van der Waals surface area contributed by atoms with E-state index in [9.17, 15) is 26.3 Å². The van der Waals surface area contributed by atoms with E-state index >= 15 is 0 Å². The van der Waals surface area contributed by atoms with Crippen LogP contribution in [0.1, 0.15) is 24.5 Å². The quantitative estimate of drug-likeness (QED) is 0.241. The first-order valence-corrected chi connectivity index (χ1v) is 9.60. The molecule has 158 valence electrons. The maximum Gasteiger partial charge on any atom is 0.430 e.